The van der Waals surface area contributed by atoms with Crippen molar-refractivity contribution >= 4 is 27.7 Å². The van der Waals surface area contributed by atoms with E-state index in [9.17, 15) is 0 Å². The second-order valence-electron chi connectivity index (χ2n) is 5.11. The van der Waals surface area contributed by atoms with Crippen molar-refractivity contribution in [2.24, 2.45) is 0 Å². The summed E-state index contributed by atoms with van der Waals surface area (Å²) in [6.07, 6.45) is 2.41. The van der Waals surface area contributed by atoms with Crippen LogP contribution in [0.25, 0.3) is 0 Å². The van der Waals surface area contributed by atoms with Gasteiger partial charge in [-0.2, -0.15) is 0 Å². The minimum atomic E-state index is 0.439. The number of nitrogens with one attached hydrogen (secondary N) is 1. The first-order valence-corrected chi connectivity index (χ1v) is 8.62. The number of rotatable bonds is 3. The first kappa shape index (κ1) is 14.2. The predicted molar refractivity (Wildman–Crippen MR) is 90.4 cm³/mol. The molecule has 2 aromatic carbocycles. The highest BCUT2D eigenvalue weighted by atomic mass is 79.9. The molecule has 3 heteroatoms. The predicted octanol–water partition coefficient (Wildman–Crippen LogP) is 4.82. The van der Waals surface area contributed by atoms with Crippen molar-refractivity contribution in [2.75, 3.05) is 7.05 Å². The number of aryl methyl sites for hydroxylation is 1. The topological polar surface area (TPSA) is 12.0 Å². The molecule has 2 unspecified atom stereocenters. The Hall–Kier alpha value is -0.770. The largest absolute Gasteiger partial charge is 0.312 e. The van der Waals surface area contributed by atoms with E-state index in [1.165, 1.54) is 28.9 Å². The second kappa shape index (κ2) is 6.33. The van der Waals surface area contributed by atoms with Crippen LogP contribution in [0, 0.1) is 0 Å². The van der Waals surface area contributed by atoms with E-state index in [4.69, 9.17) is 0 Å². The molecule has 104 valence electrons. The molecule has 3 rings (SSSR count). The summed E-state index contributed by atoms with van der Waals surface area (Å²) < 4.78 is 1.14. The lowest BCUT2D eigenvalue weighted by atomic mass is 9.87. The van der Waals surface area contributed by atoms with Gasteiger partial charge in [0.1, 0.15) is 0 Å². The molecule has 0 aliphatic heterocycles. The van der Waals surface area contributed by atoms with Crippen molar-refractivity contribution in [1.29, 1.82) is 0 Å². The van der Waals surface area contributed by atoms with Gasteiger partial charge in [-0.25, -0.2) is 0 Å². The Bertz CT molecular complexity index is 582. The number of thioether (sulfide) groups is 1. The molecule has 1 aliphatic carbocycles. The Morgan fingerprint density at radius 3 is 2.60 bits per heavy atom. The maximum atomic E-state index is 3.51. The summed E-state index contributed by atoms with van der Waals surface area (Å²) in [6.45, 7) is 0. The second-order valence-corrected chi connectivity index (χ2v) is 7.34. The fourth-order valence-electron chi connectivity index (χ4n) is 2.89. The summed E-state index contributed by atoms with van der Waals surface area (Å²) in [5.41, 5.74) is 2.97. The summed E-state index contributed by atoms with van der Waals surface area (Å²) >= 11 is 5.48. The third-order valence-electron chi connectivity index (χ3n) is 3.87. The van der Waals surface area contributed by atoms with Crippen LogP contribution in [-0.4, -0.2) is 12.3 Å². The number of fused-ring (bicyclic) bond motifs is 1. The van der Waals surface area contributed by atoms with Gasteiger partial charge in [-0.15, -0.1) is 11.8 Å². The summed E-state index contributed by atoms with van der Waals surface area (Å²) in [4.78, 5) is 1.35. The smallest absolute Gasteiger partial charge is 0.0444 e. The van der Waals surface area contributed by atoms with Gasteiger partial charge < -0.3 is 5.32 Å². The minimum absolute atomic E-state index is 0.439. The van der Waals surface area contributed by atoms with Crippen LogP contribution in [0.1, 0.15) is 23.6 Å². The number of halogens is 1. The number of hydrogen-bond acceptors (Lipinski definition) is 2. The van der Waals surface area contributed by atoms with E-state index in [0.29, 0.717) is 11.3 Å². The molecule has 20 heavy (non-hydrogen) atoms. The van der Waals surface area contributed by atoms with E-state index in [1.54, 1.807) is 0 Å². The van der Waals surface area contributed by atoms with Crippen LogP contribution in [0.2, 0.25) is 0 Å². The maximum absolute atomic E-state index is 3.51. The van der Waals surface area contributed by atoms with Gasteiger partial charge in [-0.05, 0) is 55.3 Å². The van der Waals surface area contributed by atoms with Gasteiger partial charge in [0.05, 0.1) is 0 Å². The Balaban J connectivity index is 1.82. The molecule has 0 heterocycles. The van der Waals surface area contributed by atoms with Gasteiger partial charge in [-0.1, -0.05) is 40.2 Å². The summed E-state index contributed by atoms with van der Waals surface area (Å²) in [5.74, 6) is 0. The molecular formula is C17H18BrNS. The van der Waals surface area contributed by atoms with E-state index in [-0.39, 0.29) is 0 Å². The molecule has 0 fully saturated rings. The first-order valence-electron chi connectivity index (χ1n) is 6.95. The highest BCUT2D eigenvalue weighted by molar-refractivity contribution is 9.10. The zero-order valence-electron chi connectivity index (χ0n) is 11.5. The van der Waals surface area contributed by atoms with Gasteiger partial charge in [-0.3, -0.25) is 0 Å². The third kappa shape index (κ3) is 2.95. The first-order chi connectivity index (χ1) is 9.78. The molecule has 1 aliphatic rings. The minimum Gasteiger partial charge on any atom is -0.312 e. The fourth-order valence-corrected chi connectivity index (χ4v) is 4.45. The maximum Gasteiger partial charge on any atom is 0.0444 e. The summed E-state index contributed by atoms with van der Waals surface area (Å²) in [5, 5.41) is 4.11. The van der Waals surface area contributed by atoms with E-state index in [2.05, 4.69) is 76.8 Å². The van der Waals surface area contributed by atoms with Crippen molar-refractivity contribution in [3.05, 3.63) is 64.1 Å². The van der Waals surface area contributed by atoms with Gasteiger partial charge in [0.25, 0.3) is 0 Å². The molecule has 0 spiro atoms. The number of benzene rings is 2. The Morgan fingerprint density at radius 1 is 1.10 bits per heavy atom. The Kier molecular flexibility index (Phi) is 4.49. The highest BCUT2D eigenvalue weighted by Gasteiger charge is 2.28. The van der Waals surface area contributed by atoms with Crippen LogP contribution < -0.4 is 5.32 Å². The quantitative estimate of drug-likeness (QED) is 0.854. The van der Waals surface area contributed by atoms with Crippen LogP contribution >= 0.6 is 27.7 Å². The van der Waals surface area contributed by atoms with E-state index < -0.39 is 0 Å². The lowest BCUT2D eigenvalue weighted by Gasteiger charge is -2.33. The standard InChI is InChI=1S/C17H18BrNS/c1-19-17-15-5-3-2-4-12(15)6-11-16(17)20-14-9-7-13(18)8-10-14/h2-5,7-10,16-17,19H,6,11H2,1H3. The molecule has 0 bridgehead atoms. The Morgan fingerprint density at radius 2 is 1.85 bits per heavy atom. The van der Waals surface area contributed by atoms with Crippen LogP contribution in [0.15, 0.2) is 57.9 Å². The molecule has 0 aromatic heterocycles. The fraction of sp³-hybridized carbons (Fsp3) is 0.294. The van der Waals surface area contributed by atoms with Crippen molar-refractivity contribution in [2.45, 2.75) is 29.0 Å². The summed E-state index contributed by atoms with van der Waals surface area (Å²) in [6, 6.07) is 17.9. The molecule has 1 nitrogen and oxygen atoms in total. The van der Waals surface area contributed by atoms with E-state index in [0.717, 1.165) is 4.47 Å². The van der Waals surface area contributed by atoms with Gasteiger partial charge in [0.2, 0.25) is 0 Å². The molecule has 1 N–H and O–H groups in total. The van der Waals surface area contributed by atoms with E-state index >= 15 is 0 Å². The van der Waals surface area contributed by atoms with Gasteiger partial charge in [0, 0.05) is 20.7 Å². The molecule has 0 saturated carbocycles. The lowest BCUT2D eigenvalue weighted by Crippen LogP contribution is -2.32. The molecule has 0 radical (unpaired) electrons. The molecule has 0 saturated heterocycles. The van der Waals surface area contributed by atoms with Crippen molar-refractivity contribution < 1.29 is 0 Å². The molecular weight excluding hydrogens is 330 g/mol. The van der Waals surface area contributed by atoms with Gasteiger partial charge in [0.15, 0.2) is 0 Å². The Labute approximate surface area is 133 Å². The average Bonchev–Trinajstić information content (AvgIpc) is 2.49. The molecule has 2 aromatic rings. The number of hydrogen-bond donors (Lipinski definition) is 1. The zero-order chi connectivity index (χ0) is 13.9. The van der Waals surface area contributed by atoms with Crippen molar-refractivity contribution in [1.82, 2.24) is 5.32 Å². The van der Waals surface area contributed by atoms with Crippen LogP contribution in [0.5, 0.6) is 0 Å². The molecule has 2 atom stereocenters. The van der Waals surface area contributed by atoms with E-state index in [1.807, 2.05) is 11.8 Å². The van der Waals surface area contributed by atoms with Crippen LogP contribution in [0.3, 0.4) is 0 Å². The molecule has 0 amide bonds. The van der Waals surface area contributed by atoms with Crippen LogP contribution in [-0.2, 0) is 6.42 Å². The average molecular weight is 348 g/mol. The van der Waals surface area contributed by atoms with Crippen molar-refractivity contribution in [3.8, 4) is 0 Å². The third-order valence-corrected chi connectivity index (χ3v) is 5.76. The van der Waals surface area contributed by atoms with Crippen molar-refractivity contribution in [3.63, 3.8) is 0 Å². The normalized spacial score (nSPS) is 21.5. The zero-order valence-corrected chi connectivity index (χ0v) is 13.9. The van der Waals surface area contributed by atoms with Gasteiger partial charge >= 0.3 is 0 Å². The highest BCUT2D eigenvalue weighted by Crippen LogP contribution is 2.40. The summed E-state index contributed by atoms with van der Waals surface area (Å²) in [7, 11) is 2.07. The lowest BCUT2D eigenvalue weighted by molar-refractivity contribution is 0.510. The SMILES string of the molecule is CNC1c2ccccc2CCC1Sc1ccc(Br)cc1. The monoisotopic (exact) mass is 347 g/mol. The van der Waals surface area contributed by atoms with Crippen LogP contribution in [0.4, 0.5) is 0 Å².